The maximum Gasteiger partial charge on any atom is 0.408 e. The Morgan fingerprint density at radius 3 is 2.25 bits per heavy atom. The van der Waals surface area contributed by atoms with Gasteiger partial charge >= 0.3 is 12.1 Å². The first kappa shape index (κ1) is 15.1. The van der Waals surface area contributed by atoms with Crippen LogP contribution in [0.15, 0.2) is 0 Å². The average Bonchev–Trinajstić information content (AvgIpc) is 3.07. The third-order valence-corrected chi connectivity index (χ3v) is 4.31. The Labute approximate surface area is 120 Å². The van der Waals surface area contributed by atoms with Crippen LogP contribution in [0.2, 0.25) is 0 Å². The van der Waals surface area contributed by atoms with Gasteiger partial charge in [-0.05, 0) is 46.0 Å². The van der Waals surface area contributed by atoms with E-state index in [0.717, 1.165) is 32.1 Å². The largest absolute Gasteiger partial charge is 0.481 e. The zero-order valence-electron chi connectivity index (χ0n) is 12.6. The molecule has 0 aromatic rings. The first-order valence-corrected chi connectivity index (χ1v) is 7.47. The summed E-state index contributed by atoms with van der Waals surface area (Å²) in [6, 6.07) is 0. The van der Waals surface area contributed by atoms with E-state index in [1.165, 1.54) is 0 Å². The summed E-state index contributed by atoms with van der Waals surface area (Å²) in [5, 5.41) is 12.2. The fraction of sp³-hybridized carbons (Fsp3) is 0.867. The van der Waals surface area contributed by atoms with Crippen LogP contribution in [0.1, 0.15) is 59.3 Å². The molecule has 0 radical (unpaired) electrons. The van der Waals surface area contributed by atoms with Crippen LogP contribution in [0.5, 0.6) is 0 Å². The first-order chi connectivity index (χ1) is 9.23. The number of hydrogen-bond acceptors (Lipinski definition) is 3. The molecule has 2 atom stereocenters. The van der Waals surface area contributed by atoms with Crippen molar-refractivity contribution in [3.8, 4) is 0 Å². The predicted molar refractivity (Wildman–Crippen MR) is 74.4 cm³/mol. The molecule has 0 spiro atoms. The third kappa shape index (κ3) is 3.44. The molecule has 20 heavy (non-hydrogen) atoms. The first-order valence-electron chi connectivity index (χ1n) is 7.47. The highest BCUT2D eigenvalue weighted by Crippen LogP contribution is 2.52. The smallest absolute Gasteiger partial charge is 0.408 e. The summed E-state index contributed by atoms with van der Waals surface area (Å²) >= 11 is 0. The second-order valence-electron chi connectivity index (χ2n) is 7.13. The number of carboxylic acid groups (broad SMARTS) is 1. The van der Waals surface area contributed by atoms with E-state index >= 15 is 0 Å². The van der Waals surface area contributed by atoms with Crippen LogP contribution in [0.3, 0.4) is 0 Å². The molecule has 5 nitrogen and oxygen atoms in total. The summed E-state index contributed by atoms with van der Waals surface area (Å²) in [6.07, 6.45) is 5.21. The summed E-state index contributed by atoms with van der Waals surface area (Å²) in [7, 11) is 0. The molecule has 2 saturated carbocycles. The van der Waals surface area contributed by atoms with E-state index in [2.05, 4.69) is 5.32 Å². The normalized spacial score (nSPS) is 28.6. The highest BCUT2D eigenvalue weighted by molar-refractivity contribution is 5.75. The van der Waals surface area contributed by atoms with Gasteiger partial charge in [-0.3, -0.25) is 4.79 Å². The van der Waals surface area contributed by atoms with Gasteiger partial charge in [-0.1, -0.05) is 19.3 Å². The monoisotopic (exact) mass is 283 g/mol. The number of hydrogen-bond donors (Lipinski definition) is 2. The van der Waals surface area contributed by atoms with Crippen LogP contribution in [-0.4, -0.2) is 28.3 Å². The molecule has 0 heterocycles. The molecule has 0 aromatic carbocycles. The third-order valence-electron chi connectivity index (χ3n) is 4.31. The molecule has 1 amide bonds. The van der Waals surface area contributed by atoms with Gasteiger partial charge in [0, 0.05) is 5.54 Å². The number of ether oxygens (including phenoxy) is 1. The lowest BCUT2D eigenvalue weighted by molar-refractivity contribution is -0.139. The van der Waals surface area contributed by atoms with Gasteiger partial charge in [-0.25, -0.2) is 4.79 Å². The van der Waals surface area contributed by atoms with Crippen molar-refractivity contribution < 1.29 is 19.4 Å². The van der Waals surface area contributed by atoms with E-state index in [4.69, 9.17) is 9.84 Å². The molecule has 0 aliphatic heterocycles. The molecule has 2 N–H and O–H groups in total. The summed E-state index contributed by atoms with van der Waals surface area (Å²) in [5.74, 6) is -0.984. The minimum absolute atomic E-state index is 0.0628. The zero-order chi connectivity index (χ0) is 15.0. The Balaban J connectivity index is 2.05. The molecule has 114 valence electrons. The van der Waals surface area contributed by atoms with Crippen LogP contribution < -0.4 is 5.32 Å². The number of rotatable bonds is 3. The number of nitrogens with one attached hydrogen (secondary N) is 1. The van der Waals surface area contributed by atoms with Crippen molar-refractivity contribution in [2.75, 3.05) is 0 Å². The van der Waals surface area contributed by atoms with Gasteiger partial charge in [0.25, 0.3) is 0 Å². The summed E-state index contributed by atoms with van der Waals surface area (Å²) in [6.45, 7) is 5.49. The van der Waals surface area contributed by atoms with Crippen molar-refractivity contribution in [3.05, 3.63) is 0 Å². The highest BCUT2D eigenvalue weighted by atomic mass is 16.6. The van der Waals surface area contributed by atoms with Crippen molar-refractivity contribution in [2.24, 2.45) is 11.8 Å². The van der Waals surface area contributed by atoms with Crippen molar-refractivity contribution in [2.45, 2.75) is 70.4 Å². The lowest BCUT2D eigenvalue weighted by Crippen LogP contribution is -2.53. The van der Waals surface area contributed by atoms with Gasteiger partial charge in [-0.2, -0.15) is 0 Å². The molecule has 2 rings (SSSR count). The lowest BCUT2D eigenvalue weighted by Gasteiger charge is -2.39. The van der Waals surface area contributed by atoms with Crippen molar-refractivity contribution >= 4 is 12.1 Å². The van der Waals surface area contributed by atoms with E-state index in [1.807, 2.05) is 20.8 Å². The maximum absolute atomic E-state index is 12.1. The molecule has 2 fully saturated rings. The van der Waals surface area contributed by atoms with Crippen molar-refractivity contribution in [1.82, 2.24) is 5.32 Å². The fourth-order valence-corrected chi connectivity index (χ4v) is 3.36. The molecule has 2 unspecified atom stereocenters. The Morgan fingerprint density at radius 1 is 1.20 bits per heavy atom. The van der Waals surface area contributed by atoms with E-state index in [1.54, 1.807) is 0 Å². The number of carboxylic acids is 1. The van der Waals surface area contributed by atoms with Gasteiger partial charge < -0.3 is 15.2 Å². The summed E-state index contributed by atoms with van der Waals surface area (Å²) in [4.78, 5) is 23.2. The van der Waals surface area contributed by atoms with Crippen LogP contribution >= 0.6 is 0 Å². The van der Waals surface area contributed by atoms with Crippen LogP contribution in [-0.2, 0) is 9.53 Å². The van der Waals surface area contributed by atoms with Crippen molar-refractivity contribution in [3.63, 3.8) is 0 Å². The molecule has 2 aliphatic carbocycles. The summed E-state index contributed by atoms with van der Waals surface area (Å²) < 4.78 is 5.34. The Hall–Kier alpha value is -1.26. The highest BCUT2D eigenvalue weighted by Gasteiger charge is 2.57. The van der Waals surface area contributed by atoms with Gasteiger partial charge in [0.1, 0.15) is 5.60 Å². The second-order valence-corrected chi connectivity index (χ2v) is 7.13. The molecule has 2 aliphatic rings. The number of amides is 1. The number of carbonyl (C=O) groups excluding carboxylic acids is 1. The topological polar surface area (TPSA) is 75.6 Å². The Kier molecular flexibility index (Phi) is 3.98. The Bertz CT molecular complexity index is 393. The van der Waals surface area contributed by atoms with E-state index in [9.17, 15) is 9.59 Å². The van der Waals surface area contributed by atoms with E-state index in [0.29, 0.717) is 6.42 Å². The van der Waals surface area contributed by atoms with E-state index < -0.39 is 17.7 Å². The van der Waals surface area contributed by atoms with Gasteiger partial charge in [0.15, 0.2) is 0 Å². The van der Waals surface area contributed by atoms with Crippen LogP contribution in [0, 0.1) is 11.8 Å². The number of alkyl carbamates (subject to hydrolysis) is 1. The number of aliphatic carboxylic acids is 1. The van der Waals surface area contributed by atoms with E-state index in [-0.39, 0.29) is 17.4 Å². The minimum Gasteiger partial charge on any atom is -0.481 e. The quantitative estimate of drug-likeness (QED) is 0.835. The Morgan fingerprint density at radius 2 is 1.80 bits per heavy atom. The molecule has 0 aromatic heterocycles. The maximum atomic E-state index is 12.1. The molecule has 0 saturated heterocycles. The predicted octanol–water partition coefficient (Wildman–Crippen LogP) is 2.93. The van der Waals surface area contributed by atoms with Crippen LogP contribution in [0.25, 0.3) is 0 Å². The average molecular weight is 283 g/mol. The number of carbonyl (C=O) groups is 2. The van der Waals surface area contributed by atoms with Gasteiger partial charge in [0.05, 0.1) is 5.92 Å². The van der Waals surface area contributed by atoms with Crippen LogP contribution in [0.4, 0.5) is 4.79 Å². The lowest BCUT2D eigenvalue weighted by atomic mass is 9.77. The van der Waals surface area contributed by atoms with Gasteiger partial charge in [-0.15, -0.1) is 0 Å². The molecule has 5 heteroatoms. The molecular weight excluding hydrogens is 258 g/mol. The van der Waals surface area contributed by atoms with Gasteiger partial charge in [0.2, 0.25) is 0 Å². The SMILES string of the molecule is CC(C)(C)OC(=O)NC1(C2CC2C(=O)O)CCCCC1. The standard InChI is InChI=1S/C15H25NO4/c1-14(2,3)20-13(19)16-15(7-5-4-6-8-15)11-9-10(11)12(17)18/h10-11H,4-9H2,1-3H3,(H,16,19)(H,17,18). The fourth-order valence-electron chi connectivity index (χ4n) is 3.36. The molecule has 0 bridgehead atoms. The van der Waals surface area contributed by atoms with Crippen molar-refractivity contribution in [1.29, 1.82) is 0 Å². The minimum atomic E-state index is -0.745. The zero-order valence-corrected chi connectivity index (χ0v) is 12.6. The summed E-state index contributed by atoms with van der Waals surface area (Å²) in [5.41, 5.74) is -0.903. The second kappa shape index (κ2) is 5.26. The molecular formula is C15H25NO4.